The lowest BCUT2D eigenvalue weighted by atomic mass is 10.1. The van der Waals surface area contributed by atoms with Crippen LogP contribution >= 0.6 is 11.8 Å². The van der Waals surface area contributed by atoms with Crippen LogP contribution in [0.1, 0.15) is 23.8 Å². The number of thioether (sulfide) groups is 1. The molecule has 26 heavy (non-hydrogen) atoms. The van der Waals surface area contributed by atoms with E-state index in [1.165, 1.54) is 11.8 Å². The van der Waals surface area contributed by atoms with Crippen molar-refractivity contribution < 1.29 is 9.21 Å². The van der Waals surface area contributed by atoms with Crippen LogP contribution in [0.3, 0.4) is 0 Å². The highest BCUT2D eigenvalue weighted by molar-refractivity contribution is 7.99. The average Bonchev–Trinajstić information content (AvgIpc) is 3.21. The number of anilines is 1. The second-order valence-electron chi connectivity index (χ2n) is 6.10. The molecule has 7 heteroatoms. The van der Waals surface area contributed by atoms with E-state index in [4.69, 9.17) is 4.42 Å². The first-order valence-electron chi connectivity index (χ1n) is 8.47. The van der Waals surface area contributed by atoms with Crippen LogP contribution in [-0.4, -0.2) is 26.4 Å². The minimum atomic E-state index is -0.0598. The number of aryl methyl sites for hydroxylation is 3. The van der Waals surface area contributed by atoms with E-state index in [1.807, 2.05) is 56.5 Å². The van der Waals surface area contributed by atoms with Gasteiger partial charge in [0.2, 0.25) is 5.91 Å². The number of aromatic nitrogens is 3. The summed E-state index contributed by atoms with van der Waals surface area (Å²) in [5.41, 5.74) is 3.93. The highest BCUT2D eigenvalue weighted by Gasteiger charge is 2.17. The number of amides is 1. The number of carbonyl (C=O) groups is 1. The van der Waals surface area contributed by atoms with E-state index in [0.717, 1.165) is 39.1 Å². The molecule has 0 bridgehead atoms. The van der Waals surface area contributed by atoms with E-state index in [1.54, 1.807) is 6.26 Å². The van der Waals surface area contributed by atoms with E-state index in [-0.39, 0.29) is 11.7 Å². The van der Waals surface area contributed by atoms with Gasteiger partial charge in [0, 0.05) is 12.2 Å². The van der Waals surface area contributed by atoms with Crippen LogP contribution in [0.5, 0.6) is 0 Å². The third kappa shape index (κ3) is 3.83. The van der Waals surface area contributed by atoms with Crippen molar-refractivity contribution in [1.82, 2.24) is 14.8 Å². The average molecular weight is 370 g/mol. The molecular weight excluding hydrogens is 348 g/mol. The largest absolute Gasteiger partial charge is 0.469 e. The molecule has 1 N–H and O–H groups in total. The molecule has 0 radical (unpaired) electrons. The molecule has 136 valence electrons. The van der Waals surface area contributed by atoms with Gasteiger partial charge in [0.05, 0.1) is 17.6 Å². The number of benzene rings is 1. The molecule has 0 saturated heterocycles. The van der Waals surface area contributed by atoms with E-state index >= 15 is 0 Å². The molecule has 2 heterocycles. The molecule has 0 aliphatic carbocycles. The number of nitrogens with zero attached hydrogens (tertiary/aromatic N) is 3. The minimum Gasteiger partial charge on any atom is -0.469 e. The standard InChI is InChI=1S/C19H22N4O2S/c1-5-23-18(15-8-9-25-14(15)4)21-22-19(23)26-11-17(24)20-16-10-12(2)6-7-13(16)3/h6-10H,5,11H2,1-4H3,(H,20,24). The van der Waals surface area contributed by atoms with Gasteiger partial charge in [-0.25, -0.2) is 0 Å². The molecule has 0 aliphatic rings. The summed E-state index contributed by atoms with van der Waals surface area (Å²) in [6, 6.07) is 7.90. The van der Waals surface area contributed by atoms with E-state index < -0.39 is 0 Å². The Morgan fingerprint density at radius 2 is 2.04 bits per heavy atom. The van der Waals surface area contributed by atoms with Gasteiger partial charge < -0.3 is 14.3 Å². The van der Waals surface area contributed by atoms with Gasteiger partial charge in [-0.1, -0.05) is 23.9 Å². The van der Waals surface area contributed by atoms with Gasteiger partial charge in [0.25, 0.3) is 0 Å². The predicted octanol–water partition coefficient (Wildman–Crippen LogP) is 4.21. The molecule has 1 amide bonds. The minimum absolute atomic E-state index is 0.0598. The predicted molar refractivity (Wildman–Crippen MR) is 103 cm³/mol. The molecule has 0 spiro atoms. The molecule has 2 aromatic heterocycles. The number of carbonyl (C=O) groups excluding carboxylic acids is 1. The van der Waals surface area contributed by atoms with Crippen molar-refractivity contribution in [2.45, 2.75) is 39.4 Å². The highest BCUT2D eigenvalue weighted by Crippen LogP contribution is 2.27. The smallest absolute Gasteiger partial charge is 0.234 e. The number of hydrogen-bond acceptors (Lipinski definition) is 5. The summed E-state index contributed by atoms with van der Waals surface area (Å²) in [6.07, 6.45) is 1.64. The van der Waals surface area contributed by atoms with Crippen LogP contribution in [0, 0.1) is 20.8 Å². The zero-order valence-electron chi connectivity index (χ0n) is 15.4. The number of furan rings is 1. The topological polar surface area (TPSA) is 73.0 Å². The van der Waals surface area contributed by atoms with Crippen molar-refractivity contribution in [3.05, 3.63) is 47.4 Å². The summed E-state index contributed by atoms with van der Waals surface area (Å²) < 4.78 is 7.35. The maximum Gasteiger partial charge on any atom is 0.234 e. The second kappa shape index (κ2) is 7.78. The molecule has 6 nitrogen and oxygen atoms in total. The number of rotatable bonds is 6. The lowest BCUT2D eigenvalue weighted by Gasteiger charge is -2.10. The van der Waals surface area contributed by atoms with Crippen molar-refractivity contribution >= 4 is 23.4 Å². The SMILES string of the molecule is CCn1c(SCC(=O)Nc2cc(C)ccc2C)nnc1-c1ccoc1C. The third-order valence-corrected chi connectivity index (χ3v) is 5.10. The molecule has 0 saturated carbocycles. The molecule has 0 atom stereocenters. The lowest BCUT2D eigenvalue weighted by molar-refractivity contribution is -0.113. The normalized spacial score (nSPS) is 10.9. The molecule has 1 aromatic carbocycles. The van der Waals surface area contributed by atoms with Crippen molar-refractivity contribution in [2.75, 3.05) is 11.1 Å². The molecular formula is C19H22N4O2S. The van der Waals surface area contributed by atoms with Gasteiger partial charge >= 0.3 is 0 Å². The van der Waals surface area contributed by atoms with Crippen LogP contribution in [0.4, 0.5) is 5.69 Å². The number of nitrogens with one attached hydrogen (secondary N) is 1. The molecule has 0 unspecified atom stereocenters. The van der Waals surface area contributed by atoms with Crippen LogP contribution in [0.15, 0.2) is 40.1 Å². The first kappa shape index (κ1) is 18.3. The van der Waals surface area contributed by atoms with E-state index in [9.17, 15) is 4.79 Å². The summed E-state index contributed by atoms with van der Waals surface area (Å²) in [4.78, 5) is 12.3. The summed E-state index contributed by atoms with van der Waals surface area (Å²) in [7, 11) is 0. The Hall–Kier alpha value is -2.54. The van der Waals surface area contributed by atoms with Crippen LogP contribution in [0.25, 0.3) is 11.4 Å². The van der Waals surface area contributed by atoms with Crippen LogP contribution < -0.4 is 5.32 Å². The van der Waals surface area contributed by atoms with Crippen LogP contribution in [-0.2, 0) is 11.3 Å². The molecule has 0 fully saturated rings. The quantitative estimate of drug-likeness (QED) is 0.658. The van der Waals surface area contributed by atoms with Gasteiger partial charge in [-0.15, -0.1) is 10.2 Å². The summed E-state index contributed by atoms with van der Waals surface area (Å²) in [5, 5.41) is 12.2. The Morgan fingerprint density at radius 1 is 1.23 bits per heavy atom. The molecule has 0 aliphatic heterocycles. The maximum atomic E-state index is 12.3. The van der Waals surface area contributed by atoms with E-state index in [0.29, 0.717) is 6.54 Å². The Bertz CT molecular complexity index is 930. The number of hydrogen-bond donors (Lipinski definition) is 1. The van der Waals surface area contributed by atoms with Crippen molar-refractivity contribution in [2.24, 2.45) is 0 Å². The highest BCUT2D eigenvalue weighted by atomic mass is 32.2. The Kier molecular flexibility index (Phi) is 5.46. The van der Waals surface area contributed by atoms with Gasteiger partial charge in [0.15, 0.2) is 11.0 Å². The fourth-order valence-electron chi connectivity index (χ4n) is 2.68. The van der Waals surface area contributed by atoms with Crippen molar-refractivity contribution in [1.29, 1.82) is 0 Å². The molecule has 3 rings (SSSR count). The summed E-state index contributed by atoms with van der Waals surface area (Å²) in [6.45, 7) is 8.63. The monoisotopic (exact) mass is 370 g/mol. The first-order chi connectivity index (χ1) is 12.5. The van der Waals surface area contributed by atoms with Crippen LogP contribution in [0.2, 0.25) is 0 Å². The zero-order chi connectivity index (χ0) is 18.7. The Labute approximate surface area is 157 Å². The van der Waals surface area contributed by atoms with Crippen molar-refractivity contribution in [3.63, 3.8) is 0 Å². The Balaban J connectivity index is 1.70. The lowest BCUT2D eigenvalue weighted by Crippen LogP contribution is -2.15. The van der Waals surface area contributed by atoms with Gasteiger partial charge in [-0.3, -0.25) is 4.79 Å². The first-order valence-corrected chi connectivity index (χ1v) is 9.45. The van der Waals surface area contributed by atoms with Gasteiger partial charge in [0.1, 0.15) is 5.76 Å². The third-order valence-electron chi connectivity index (χ3n) is 4.13. The Morgan fingerprint density at radius 3 is 2.73 bits per heavy atom. The fourth-order valence-corrected chi connectivity index (χ4v) is 3.49. The fraction of sp³-hybridized carbons (Fsp3) is 0.316. The van der Waals surface area contributed by atoms with Crippen molar-refractivity contribution in [3.8, 4) is 11.4 Å². The van der Waals surface area contributed by atoms with E-state index in [2.05, 4.69) is 15.5 Å². The zero-order valence-corrected chi connectivity index (χ0v) is 16.2. The second-order valence-corrected chi connectivity index (χ2v) is 7.04. The maximum absolute atomic E-state index is 12.3. The summed E-state index contributed by atoms with van der Waals surface area (Å²) >= 11 is 1.38. The summed E-state index contributed by atoms with van der Waals surface area (Å²) in [5.74, 6) is 1.78. The van der Waals surface area contributed by atoms with Gasteiger partial charge in [-0.05, 0) is 51.0 Å². The van der Waals surface area contributed by atoms with Gasteiger partial charge in [-0.2, -0.15) is 0 Å². The molecule has 3 aromatic rings.